The van der Waals surface area contributed by atoms with Gasteiger partial charge in [-0.05, 0) is 183 Å². The molecule has 1 aromatic carbocycles. The van der Waals surface area contributed by atoms with Gasteiger partial charge in [0.05, 0.1) is 0 Å². The fourth-order valence-electron chi connectivity index (χ4n) is 6.73. The minimum absolute atomic E-state index is 0.256. The van der Waals surface area contributed by atoms with Crippen LogP contribution in [-0.4, -0.2) is 10.2 Å². The Labute approximate surface area is 341 Å². The van der Waals surface area contributed by atoms with Crippen LogP contribution in [0.25, 0.3) is 0 Å². The Morgan fingerprint density at radius 2 is 0.873 bits per heavy atom. The molecule has 0 aliphatic rings. The van der Waals surface area contributed by atoms with Gasteiger partial charge < -0.3 is 16.6 Å². The van der Waals surface area contributed by atoms with Crippen LogP contribution in [-0.2, 0) is 6.42 Å². The largest absolute Gasteiger partial charge is 0.508 e. The van der Waals surface area contributed by atoms with Gasteiger partial charge in [0.1, 0.15) is 11.5 Å². The Morgan fingerprint density at radius 1 is 0.509 bits per heavy atom. The quantitative estimate of drug-likeness (QED) is 0.0534. The summed E-state index contributed by atoms with van der Waals surface area (Å²) < 4.78 is 0. The highest BCUT2D eigenvalue weighted by atomic mass is 16.3. The molecular weight excluding hydrogens is 669 g/mol. The lowest BCUT2D eigenvalue weighted by atomic mass is 9.96. The predicted molar refractivity (Wildman–Crippen MR) is 246 cm³/mol. The van der Waals surface area contributed by atoms with Crippen LogP contribution in [0.5, 0.6) is 11.5 Å². The van der Waals surface area contributed by atoms with E-state index in [9.17, 15) is 10.2 Å². The maximum Gasteiger partial charge on any atom is 0.122 e. The highest BCUT2D eigenvalue weighted by Gasteiger charge is 2.10. The SMILES string of the molecule is CC(C)=CCC/C(C)=C/CC/C(C)=C/CC/C(C)=C/CC/C(C)=C/CCC(C)[CH-]CC/C(C)=C/CC/C(C)=C/CC/C(C)=C/Cc1cc(O)c(C)c(C)c1O. The molecule has 0 aromatic heterocycles. The lowest BCUT2D eigenvalue weighted by Gasteiger charge is -2.21. The van der Waals surface area contributed by atoms with Crippen LogP contribution in [0.3, 0.4) is 0 Å². The number of phenolic OH excluding ortho intramolecular Hbond substituents is 2. The second-order valence-electron chi connectivity index (χ2n) is 17.1. The first-order chi connectivity index (χ1) is 26.1. The number of aromatic hydroxyl groups is 2. The van der Waals surface area contributed by atoms with Gasteiger partial charge in [-0.15, -0.1) is 0 Å². The molecule has 0 bridgehead atoms. The van der Waals surface area contributed by atoms with Gasteiger partial charge in [0, 0.05) is 5.56 Å². The van der Waals surface area contributed by atoms with E-state index in [1.807, 2.05) is 13.8 Å². The third kappa shape index (κ3) is 24.8. The van der Waals surface area contributed by atoms with Gasteiger partial charge in [-0.3, -0.25) is 0 Å². The Balaban J connectivity index is 2.23. The van der Waals surface area contributed by atoms with Crippen molar-refractivity contribution < 1.29 is 10.2 Å². The molecule has 0 radical (unpaired) electrons. The normalized spacial score (nSPS) is 14.5. The monoisotopic (exact) mass is 752 g/mol. The average molecular weight is 752 g/mol. The van der Waals surface area contributed by atoms with E-state index in [0.29, 0.717) is 18.1 Å². The maximum atomic E-state index is 10.4. The molecule has 0 aliphatic carbocycles. The standard InChI is InChI=1S/C53H83O2/c1-40(2)21-13-22-41(3)23-14-24-42(4)25-15-26-43(5)27-16-28-44(6)29-17-30-45(7)31-18-32-46(8)33-19-34-47(9)35-20-36-48(10)37-38-51-39-52(54)49(11)50(12)53(51)55/h21,23,25,27,29,31,33,35,37,39,45,54-55H,13-20,22,24,26,28,30,32,34,36,38H2,1-12H3/q-1/b41-23+,42-25+,43-27+,44-29+,46-33+,47-35+,48-37+. The van der Waals surface area contributed by atoms with Crippen molar-refractivity contribution in [1.82, 2.24) is 0 Å². The molecule has 1 atom stereocenters. The van der Waals surface area contributed by atoms with Gasteiger partial charge in [0.15, 0.2) is 0 Å². The summed E-state index contributed by atoms with van der Waals surface area (Å²) in [6.07, 6.45) is 40.7. The third-order valence-corrected chi connectivity index (χ3v) is 11.1. The summed E-state index contributed by atoms with van der Waals surface area (Å²) in [6.45, 7) is 26.3. The molecule has 2 N–H and O–H groups in total. The van der Waals surface area contributed by atoms with Crippen molar-refractivity contribution in [2.24, 2.45) is 5.92 Å². The van der Waals surface area contributed by atoms with Crippen LogP contribution in [0.15, 0.2) is 99.3 Å². The molecule has 0 spiro atoms. The Kier molecular flexibility index (Phi) is 26.3. The van der Waals surface area contributed by atoms with Crippen molar-refractivity contribution in [3.05, 3.63) is 122 Å². The van der Waals surface area contributed by atoms with Crippen LogP contribution >= 0.6 is 0 Å². The van der Waals surface area contributed by atoms with E-state index in [-0.39, 0.29) is 5.75 Å². The van der Waals surface area contributed by atoms with Crippen molar-refractivity contribution in [1.29, 1.82) is 0 Å². The first kappa shape index (κ1) is 49.8. The lowest BCUT2D eigenvalue weighted by Crippen LogP contribution is -1.96. The van der Waals surface area contributed by atoms with E-state index < -0.39 is 0 Å². The summed E-state index contributed by atoms with van der Waals surface area (Å²) in [5.41, 5.74) is 14.1. The molecule has 0 aliphatic heterocycles. The van der Waals surface area contributed by atoms with E-state index in [1.54, 1.807) is 6.07 Å². The highest BCUT2D eigenvalue weighted by molar-refractivity contribution is 5.51. The number of benzene rings is 1. The van der Waals surface area contributed by atoms with Crippen molar-refractivity contribution >= 4 is 0 Å². The van der Waals surface area contributed by atoms with Crippen molar-refractivity contribution in [2.75, 3.05) is 0 Å². The number of hydrogen-bond acceptors (Lipinski definition) is 2. The smallest absolute Gasteiger partial charge is 0.122 e. The van der Waals surface area contributed by atoms with Gasteiger partial charge >= 0.3 is 0 Å². The minimum atomic E-state index is 0.256. The number of phenols is 2. The molecule has 2 heteroatoms. The molecule has 55 heavy (non-hydrogen) atoms. The summed E-state index contributed by atoms with van der Waals surface area (Å²) in [5, 5.41) is 20.6. The number of allylic oxidation sites excluding steroid dienone is 16. The molecule has 1 unspecified atom stereocenters. The molecule has 2 nitrogen and oxygen atoms in total. The lowest BCUT2D eigenvalue weighted by molar-refractivity contribution is 0.448. The summed E-state index contributed by atoms with van der Waals surface area (Å²) in [4.78, 5) is 0. The Hall–Kier alpha value is -3.26. The maximum absolute atomic E-state index is 10.4. The highest BCUT2D eigenvalue weighted by Crippen LogP contribution is 2.32. The van der Waals surface area contributed by atoms with Gasteiger partial charge in [-0.2, -0.15) is 12.3 Å². The minimum Gasteiger partial charge on any atom is -0.508 e. The second kappa shape index (κ2) is 29.0. The van der Waals surface area contributed by atoms with Gasteiger partial charge in [-0.25, -0.2) is 0 Å². The molecule has 1 rings (SSSR count). The number of hydrogen-bond donors (Lipinski definition) is 2. The van der Waals surface area contributed by atoms with Crippen LogP contribution < -0.4 is 0 Å². The van der Waals surface area contributed by atoms with E-state index in [2.05, 4.69) is 124 Å². The average Bonchev–Trinajstić information content (AvgIpc) is 3.11. The van der Waals surface area contributed by atoms with Crippen molar-refractivity contribution in [3.63, 3.8) is 0 Å². The second-order valence-corrected chi connectivity index (χ2v) is 17.1. The fourth-order valence-corrected chi connectivity index (χ4v) is 6.73. The Morgan fingerprint density at radius 3 is 1.29 bits per heavy atom. The fraction of sp³-hybridized carbons (Fsp3) is 0.566. The van der Waals surface area contributed by atoms with E-state index in [0.717, 1.165) is 68.1 Å². The third-order valence-electron chi connectivity index (χ3n) is 11.1. The molecule has 0 saturated heterocycles. The Bertz CT molecular complexity index is 1530. The molecule has 308 valence electrons. The molecule has 1 aromatic rings. The van der Waals surface area contributed by atoms with Crippen molar-refractivity contribution in [2.45, 2.75) is 192 Å². The van der Waals surface area contributed by atoms with Gasteiger partial charge in [-0.1, -0.05) is 113 Å². The van der Waals surface area contributed by atoms with E-state index >= 15 is 0 Å². The zero-order chi connectivity index (χ0) is 41.2. The first-order valence-corrected chi connectivity index (χ1v) is 21.7. The molecular formula is C53H83O2-. The summed E-state index contributed by atoms with van der Waals surface area (Å²) in [7, 11) is 0. The summed E-state index contributed by atoms with van der Waals surface area (Å²) in [5.74, 6) is 1.21. The summed E-state index contributed by atoms with van der Waals surface area (Å²) >= 11 is 0. The van der Waals surface area contributed by atoms with Crippen LogP contribution in [0.1, 0.15) is 189 Å². The van der Waals surface area contributed by atoms with E-state index in [1.165, 1.54) is 96.0 Å². The number of rotatable bonds is 27. The first-order valence-electron chi connectivity index (χ1n) is 21.7. The van der Waals surface area contributed by atoms with Crippen molar-refractivity contribution in [3.8, 4) is 11.5 Å². The molecule has 0 fully saturated rings. The molecule has 0 heterocycles. The van der Waals surface area contributed by atoms with Crippen LogP contribution in [0.2, 0.25) is 0 Å². The zero-order valence-electron chi connectivity index (χ0n) is 37.8. The van der Waals surface area contributed by atoms with Crippen LogP contribution in [0.4, 0.5) is 0 Å². The van der Waals surface area contributed by atoms with Gasteiger partial charge in [0.2, 0.25) is 0 Å². The zero-order valence-corrected chi connectivity index (χ0v) is 37.8. The topological polar surface area (TPSA) is 40.5 Å². The summed E-state index contributed by atoms with van der Waals surface area (Å²) in [6, 6.07) is 1.69. The molecule has 0 saturated carbocycles. The molecule has 0 amide bonds. The predicted octanol–water partition coefficient (Wildman–Crippen LogP) is 16.9. The van der Waals surface area contributed by atoms with Crippen LogP contribution in [0, 0.1) is 26.2 Å². The van der Waals surface area contributed by atoms with E-state index in [4.69, 9.17) is 0 Å². The van der Waals surface area contributed by atoms with Gasteiger partial charge in [0.25, 0.3) is 0 Å².